The average molecular weight is 302 g/mol. The number of imidazole rings is 1. The largest absolute Gasteiger partial charge is 0.351 e. The molecule has 2 aromatic rings. The van der Waals surface area contributed by atoms with E-state index in [4.69, 9.17) is 0 Å². The zero-order valence-electron chi connectivity index (χ0n) is 13.2. The summed E-state index contributed by atoms with van der Waals surface area (Å²) in [5.41, 5.74) is 0.911. The van der Waals surface area contributed by atoms with E-state index < -0.39 is 0 Å². The highest BCUT2D eigenvalue weighted by atomic mass is 16.2. The van der Waals surface area contributed by atoms with E-state index in [0.29, 0.717) is 12.1 Å². The number of amides is 2. The summed E-state index contributed by atoms with van der Waals surface area (Å²) in [6.07, 6.45) is 3.42. The Kier molecular flexibility index (Phi) is 5.14. The summed E-state index contributed by atoms with van der Waals surface area (Å²) < 4.78 is 1.65. The topological polar surface area (TPSA) is 75.5 Å². The van der Waals surface area contributed by atoms with Crippen LogP contribution < -0.4 is 10.6 Å². The second kappa shape index (κ2) is 7.06. The van der Waals surface area contributed by atoms with Gasteiger partial charge in [-0.3, -0.25) is 14.0 Å². The maximum absolute atomic E-state index is 12.4. The van der Waals surface area contributed by atoms with Crippen molar-refractivity contribution >= 4 is 17.3 Å². The van der Waals surface area contributed by atoms with Crippen LogP contribution in [-0.4, -0.2) is 33.8 Å². The van der Waals surface area contributed by atoms with Gasteiger partial charge in [-0.2, -0.15) is 0 Å². The molecule has 0 fully saturated rings. The van der Waals surface area contributed by atoms with Gasteiger partial charge in [-0.25, -0.2) is 4.98 Å². The smallest absolute Gasteiger partial charge is 0.287 e. The van der Waals surface area contributed by atoms with Crippen LogP contribution >= 0.6 is 0 Å². The van der Waals surface area contributed by atoms with Crippen LogP contribution in [0.25, 0.3) is 5.52 Å². The maximum Gasteiger partial charge on any atom is 0.287 e. The lowest BCUT2D eigenvalue weighted by molar-refractivity contribution is 0.0928. The van der Waals surface area contributed by atoms with Crippen LogP contribution in [0.1, 0.15) is 54.7 Å². The number of fused-ring (bicyclic) bond motifs is 1. The molecule has 0 aliphatic rings. The molecule has 6 nitrogen and oxygen atoms in total. The van der Waals surface area contributed by atoms with E-state index in [0.717, 1.165) is 12.8 Å². The molecule has 2 N–H and O–H groups in total. The molecule has 0 aliphatic heterocycles. The fourth-order valence-corrected chi connectivity index (χ4v) is 2.08. The van der Waals surface area contributed by atoms with Crippen LogP contribution in [0.5, 0.6) is 0 Å². The molecular weight excluding hydrogens is 280 g/mol. The van der Waals surface area contributed by atoms with Crippen LogP contribution in [0.2, 0.25) is 0 Å². The van der Waals surface area contributed by atoms with E-state index >= 15 is 0 Å². The van der Waals surface area contributed by atoms with E-state index in [-0.39, 0.29) is 29.4 Å². The summed E-state index contributed by atoms with van der Waals surface area (Å²) >= 11 is 0. The lowest BCUT2D eigenvalue weighted by atomic mass is 10.2. The number of carbonyl (C=O) groups excluding carboxylic acids is 2. The Labute approximate surface area is 129 Å². The van der Waals surface area contributed by atoms with Gasteiger partial charge in [0.15, 0.2) is 5.69 Å². The van der Waals surface area contributed by atoms with Crippen molar-refractivity contribution in [3.05, 3.63) is 35.9 Å². The van der Waals surface area contributed by atoms with Crippen LogP contribution in [0.4, 0.5) is 0 Å². The summed E-state index contributed by atoms with van der Waals surface area (Å²) in [5.74, 6) is -0.296. The Morgan fingerprint density at radius 2 is 2.05 bits per heavy atom. The Bertz CT molecular complexity index is 678. The highest BCUT2D eigenvalue weighted by molar-refractivity contribution is 6.02. The predicted octanol–water partition coefficient (Wildman–Crippen LogP) is 2.00. The first-order valence-corrected chi connectivity index (χ1v) is 7.64. The Morgan fingerprint density at radius 1 is 1.27 bits per heavy atom. The number of nitrogens with one attached hydrogen (secondary N) is 2. The summed E-state index contributed by atoms with van der Waals surface area (Å²) in [6, 6.07) is 5.47. The van der Waals surface area contributed by atoms with Gasteiger partial charge in [0, 0.05) is 18.8 Å². The van der Waals surface area contributed by atoms with Crippen molar-refractivity contribution in [3.8, 4) is 0 Å². The summed E-state index contributed by atoms with van der Waals surface area (Å²) in [4.78, 5) is 28.8. The Balaban J connectivity index is 2.39. The van der Waals surface area contributed by atoms with Gasteiger partial charge in [0.1, 0.15) is 0 Å². The van der Waals surface area contributed by atoms with Crippen LogP contribution in [0.15, 0.2) is 24.4 Å². The van der Waals surface area contributed by atoms with Gasteiger partial charge in [0.2, 0.25) is 5.82 Å². The third kappa shape index (κ3) is 3.27. The molecule has 0 saturated heterocycles. The van der Waals surface area contributed by atoms with E-state index in [1.807, 2.05) is 32.9 Å². The van der Waals surface area contributed by atoms with Crippen molar-refractivity contribution in [2.75, 3.05) is 6.54 Å². The first-order valence-electron chi connectivity index (χ1n) is 7.64. The van der Waals surface area contributed by atoms with E-state index in [2.05, 4.69) is 15.6 Å². The van der Waals surface area contributed by atoms with E-state index in [1.165, 1.54) is 0 Å². The molecule has 2 rings (SSSR count). The van der Waals surface area contributed by atoms with Gasteiger partial charge in [0.05, 0.1) is 5.52 Å². The van der Waals surface area contributed by atoms with Gasteiger partial charge in [-0.05, 0) is 31.9 Å². The molecule has 0 spiro atoms. The molecule has 0 aromatic carbocycles. The first kappa shape index (κ1) is 16.0. The summed E-state index contributed by atoms with van der Waals surface area (Å²) in [6.45, 7) is 6.50. The molecule has 1 atom stereocenters. The molecule has 0 aliphatic carbocycles. The molecule has 0 saturated carbocycles. The number of hydrogen-bond donors (Lipinski definition) is 2. The Morgan fingerprint density at radius 3 is 2.73 bits per heavy atom. The fourth-order valence-electron chi connectivity index (χ4n) is 2.08. The number of aromatic nitrogens is 2. The quantitative estimate of drug-likeness (QED) is 0.857. The highest BCUT2D eigenvalue weighted by Crippen LogP contribution is 2.13. The second-order valence-electron chi connectivity index (χ2n) is 5.28. The molecule has 118 valence electrons. The van der Waals surface area contributed by atoms with E-state index in [1.54, 1.807) is 16.7 Å². The minimum atomic E-state index is -0.273. The molecule has 0 radical (unpaired) electrons. The van der Waals surface area contributed by atoms with Gasteiger partial charge in [0.25, 0.3) is 11.8 Å². The molecule has 2 heterocycles. The Hall–Kier alpha value is -2.37. The molecule has 2 aromatic heterocycles. The van der Waals surface area contributed by atoms with Crippen LogP contribution in [0, 0.1) is 0 Å². The second-order valence-corrected chi connectivity index (χ2v) is 5.28. The highest BCUT2D eigenvalue weighted by Gasteiger charge is 2.21. The maximum atomic E-state index is 12.4. The molecule has 2 amide bonds. The van der Waals surface area contributed by atoms with Gasteiger partial charge in [-0.1, -0.05) is 19.9 Å². The number of hydrogen-bond acceptors (Lipinski definition) is 3. The molecule has 0 bridgehead atoms. The normalized spacial score (nSPS) is 12.1. The first-order chi connectivity index (χ1) is 10.6. The van der Waals surface area contributed by atoms with Crippen molar-refractivity contribution in [1.29, 1.82) is 0 Å². The number of carbonyl (C=O) groups is 2. The van der Waals surface area contributed by atoms with E-state index in [9.17, 15) is 9.59 Å². The SMILES string of the molecule is CCCNC(=O)c1nc(C(=O)NC(C)CC)n2ccccc12. The monoisotopic (exact) mass is 302 g/mol. The van der Waals surface area contributed by atoms with Crippen LogP contribution in [0.3, 0.4) is 0 Å². The summed E-state index contributed by atoms with van der Waals surface area (Å²) in [7, 11) is 0. The van der Waals surface area contributed by atoms with Gasteiger partial charge < -0.3 is 10.6 Å². The third-order valence-electron chi connectivity index (χ3n) is 3.49. The van der Waals surface area contributed by atoms with Gasteiger partial charge in [-0.15, -0.1) is 0 Å². The number of nitrogens with zero attached hydrogens (tertiary/aromatic N) is 2. The molecule has 1 unspecified atom stereocenters. The van der Waals surface area contributed by atoms with Crippen molar-refractivity contribution < 1.29 is 9.59 Å². The minimum Gasteiger partial charge on any atom is -0.351 e. The van der Waals surface area contributed by atoms with Crippen molar-refractivity contribution in [2.24, 2.45) is 0 Å². The van der Waals surface area contributed by atoms with Gasteiger partial charge >= 0.3 is 0 Å². The van der Waals surface area contributed by atoms with Crippen molar-refractivity contribution in [3.63, 3.8) is 0 Å². The zero-order chi connectivity index (χ0) is 16.1. The lowest BCUT2D eigenvalue weighted by Crippen LogP contribution is -2.33. The third-order valence-corrected chi connectivity index (χ3v) is 3.49. The fraction of sp³-hybridized carbons (Fsp3) is 0.438. The standard InChI is InChI=1S/C16H22N4O2/c1-4-9-17-15(21)13-12-8-6-7-10-20(12)14(19-13)16(22)18-11(3)5-2/h6-8,10-11H,4-5,9H2,1-3H3,(H,17,21)(H,18,22). The minimum absolute atomic E-state index is 0.0564. The summed E-state index contributed by atoms with van der Waals surface area (Å²) in [5, 5.41) is 5.68. The number of rotatable bonds is 6. The van der Waals surface area contributed by atoms with Crippen molar-refractivity contribution in [2.45, 2.75) is 39.7 Å². The predicted molar refractivity (Wildman–Crippen MR) is 85.0 cm³/mol. The molecule has 22 heavy (non-hydrogen) atoms. The zero-order valence-corrected chi connectivity index (χ0v) is 13.2. The molecule has 6 heteroatoms. The number of pyridine rings is 1. The average Bonchev–Trinajstić information content (AvgIpc) is 2.92. The molecular formula is C16H22N4O2. The van der Waals surface area contributed by atoms with Crippen LogP contribution in [-0.2, 0) is 0 Å². The lowest BCUT2D eigenvalue weighted by Gasteiger charge is -2.10. The van der Waals surface area contributed by atoms with Crippen molar-refractivity contribution in [1.82, 2.24) is 20.0 Å².